The second-order valence-corrected chi connectivity index (χ2v) is 7.19. The smallest absolute Gasteiger partial charge is 0.195 e. The lowest BCUT2D eigenvalue weighted by molar-refractivity contribution is 0.103. The molecule has 0 fully saturated rings. The molecular formula is C22H17N3O. The van der Waals surface area contributed by atoms with Crippen molar-refractivity contribution < 1.29 is 4.79 Å². The first-order valence-corrected chi connectivity index (χ1v) is 8.58. The van der Waals surface area contributed by atoms with Crippen LogP contribution in [0.2, 0.25) is 0 Å². The minimum atomic E-state index is -0.434. The predicted molar refractivity (Wildman–Crippen MR) is 101 cm³/mol. The summed E-state index contributed by atoms with van der Waals surface area (Å²) in [4.78, 5) is 20.4. The molecule has 2 aromatic carbocycles. The highest BCUT2D eigenvalue weighted by atomic mass is 16.1. The normalized spacial score (nSPS) is 14.4. The third-order valence-electron chi connectivity index (χ3n) is 5.42. The molecule has 0 aliphatic heterocycles. The van der Waals surface area contributed by atoms with Crippen LogP contribution in [0.1, 0.15) is 59.1 Å². The fourth-order valence-corrected chi connectivity index (χ4v) is 3.97. The van der Waals surface area contributed by atoms with Gasteiger partial charge in [0.25, 0.3) is 0 Å². The second kappa shape index (κ2) is 5.31. The lowest BCUT2D eigenvalue weighted by Crippen LogP contribution is -2.30. The summed E-state index contributed by atoms with van der Waals surface area (Å²) in [5.41, 5.74) is 5.52. The molecule has 26 heavy (non-hydrogen) atoms. The van der Waals surface area contributed by atoms with E-state index in [0.29, 0.717) is 28.8 Å². The molecule has 0 amide bonds. The molecule has 4 heteroatoms. The van der Waals surface area contributed by atoms with Crippen LogP contribution in [0.5, 0.6) is 0 Å². The number of aryl methyl sites for hydroxylation is 1. The number of benzene rings is 2. The van der Waals surface area contributed by atoms with Crippen LogP contribution in [-0.4, -0.2) is 10.8 Å². The highest BCUT2D eigenvalue weighted by Gasteiger charge is 2.40. The van der Waals surface area contributed by atoms with E-state index < -0.39 is 5.41 Å². The lowest BCUT2D eigenvalue weighted by Gasteiger charge is -2.33. The van der Waals surface area contributed by atoms with Crippen molar-refractivity contribution in [1.29, 1.82) is 5.26 Å². The number of nitrogens with one attached hydrogen (secondary N) is 1. The summed E-state index contributed by atoms with van der Waals surface area (Å²) in [6, 6.07) is 11.3. The summed E-state index contributed by atoms with van der Waals surface area (Å²) in [5.74, 6) is -0.0171. The van der Waals surface area contributed by atoms with E-state index in [1.807, 2.05) is 25.1 Å². The molecular weight excluding hydrogens is 322 g/mol. The average Bonchev–Trinajstić information content (AvgIpc) is 3.05. The van der Waals surface area contributed by atoms with Crippen LogP contribution in [-0.2, 0) is 11.8 Å². The van der Waals surface area contributed by atoms with Crippen molar-refractivity contribution in [2.75, 3.05) is 0 Å². The van der Waals surface area contributed by atoms with Crippen molar-refractivity contribution in [3.05, 3.63) is 75.3 Å². The highest BCUT2D eigenvalue weighted by molar-refractivity contribution is 6.20. The van der Waals surface area contributed by atoms with Gasteiger partial charge in [0, 0.05) is 27.6 Å². The third-order valence-corrected chi connectivity index (χ3v) is 5.42. The van der Waals surface area contributed by atoms with Gasteiger partial charge >= 0.3 is 0 Å². The zero-order valence-electron chi connectivity index (χ0n) is 14.9. The van der Waals surface area contributed by atoms with Crippen LogP contribution in [0, 0.1) is 17.9 Å². The van der Waals surface area contributed by atoms with E-state index in [4.69, 9.17) is 11.8 Å². The lowest BCUT2D eigenvalue weighted by atomic mass is 9.70. The quantitative estimate of drug-likeness (QED) is 0.633. The molecule has 4 rings (SSSR count). The van der Waals surface area contributed by atoms with E-state index in [2.05, 4.69) is 29.7 Å². The predicted octanol–water partition coefficient (Wildman–Crippen LogP) is 5.02. The van der Waals surface area contributed by atoms with Crippen LogP contribution in [0.25, 0.3) is 15.7 Å². The van der Waals surface area contributed by atoms with E-state index in [0.717, 1.165) is 27.7 Å². The van der Waals surface area contributed by atoms with Gasteiger partial charge in [-0.3, -0.25) is 4.79 Å². The van der Waals surface area contributed by atoms with Crippen molar-refractivity contribution >= 4 is 22.4 Å². The fourth-order valence-electron chi connectivity index (χ4n) is 3.97. The molecule has 0 radical (unpaired) electrons. The number of fused-ring (bicyclic) bond motifs is 4. The van der Waals surface area contributed by atoms with Gasteiger partial charge in [-0.15, -0.1) is 0 Å². The standard InChI is InChI=1S/C22H17N3O/c1-5-13-9-15-16(10-17(13)24-4)22(2,3)21-19(20(15)26)14-7-6-12(11-23)8-18(14)25-21/h6-10,25H,5H2,1-3H3. The number of ketones is 1. The van der Waals surface area contributed by atoms with E-state index in [-0.39, 0.29) is 5.78 Å². The molecule has 3 aromatic rings. The average molecular weight is 339 g/mol. The Morgan fingerprint density at radius 1 is 1.27 bits per heavy atom. The number of hydrogen-bond acceptors (Lipinski definition) is 2. The number of nitriles is 1. The Kier molecular flexibility index (Phi) is 3.29. The molecule has 4 nitrogen and oxygen atoms in total. The minimum absolute atomic E-state index is 0.0171. The Morgan fingerprint density at radius 2 is 2.04 bits per heavy atom. The molecule has 0 saturated heterocycles. The van der Waals surface area contributed by atoms with Crippen LogP contribution in [0.3, 0.4) is 0 Å². The van der Waals surface area contributed by atoms with Gasteiger partial charge in [-0.05, 0) is 29.7 Å². The number of nitrogens with zero attached hydrogens (tertiary/aromatic N) is 2. The number of H-pyrrole nitrogens is 1. The van der Waals surface area contributed by atoms with Gasteiger partial charge in [0.2, 0.25) is 0 Å². The van der Waals surface area contributed by atoms with Gasteiger partial charge in [0.15, 0.2) is 11.5 Å². The van der Waals surface area contributed by atoms with E-state index in [1.54, 1.807) is 12.1 Å². The molecule has 1 aliphatic rings. The maximum absolute atomic E-state index is 13.3. The second-order valence-electron chi connectivity index (χ2n) is 7.19. The molecule has 0 spiro atoms. The summed E-state index contributed by atoms with van der Waals surface area (Å²) >= 11 is 0. The number of aromatic amines is 1. The zero-order chi connectivity index (χ0) is 18.6. The van der Waals surface area contributed by atoms with E-state index >= 15 is 0 Å². The Bertz CT molecular complexity index is 1180. The number of hydrogen-bond donors (Lipinski definition) is 1. The molecule has 0 bridgehead atoms. The van der Waals surface area contributed by atoms with Crippen LogP contribution in [0.15, 0.2) is 30.3 Å². The van der Waals surface area contributed by atoms with Gasteiger partial charge in [-0.1, -0.05) is 39.0 Å². The number of carbonyl (C=O) groups is 1. The molecule has 0 unspecified atom stereocenters. The highest BCUT2D eigenvalue weighted by Crippen LogP contribution is 2.45. The third kappa shape index (κ3) is 1.96. The zero-order valence-corrected chi connectivity index (χ0v) is 14.9. The van der Waals surface area contributed by atoms with Crippen molar-refractivity contribution in [2.24, 2.45) is 0 Å². The van der Waals surface area contributed by atoms with Crippen LogP contribution < -0.4 is 0 Å². The van der Waals surface area contributed by atoms with Crippen molar-refractivity contribution in [3.8, 4) is 6.07 Å². The SMILES string of the molecule is [C-]#[N+]c1cc2c(cc1CC)C(=O)c1c([nH]c3cc(C#N)ccc13)C2(C)C. The Balaban J connectivity index is 2.07. The van der Waals surface area contributed by atoms with Gasteiger partial charge in [0.05, 0.1) is 23.8 Å². The number of rotatable bonds is 1. The van der Waals surface area contributed by atoms with Crippen LogP contribution in [0.4, 0.5) is 5.69 Å². The number of carbonyl (C=O) groups excluding carboxylic acids is 1. The summed E-state index contributed by atoms with van der Waals surface area (Å²) in [6.07, 6.45) is 0.713. The van der Waals surface area contributed by atoms with Crippen molar-refractivity contribution in [1.82, 2.24) is 4.98 Å². The summed E-state index contributed by atoms with van der Waals surface area (Å²) in [7, 11) is 0. The summed E-state index contributed by atoms with van der Waals surface area (Å²) in [5, 5.41) is 10.00. The summed E-state index contributed by atoms with van der Waals surface area (Å²) < 4.78 is 0. The maximum Gasteiger partial charge on any atom is 0.195 e. The first-order chi connectivity index (χ1) is 12.4. The van der Waals surface area contributed by atoms with Gasteiger partial charge in [-0.25, -0.2) is 4.85 Å². The molecule has 1 aliphatic carbocycles. The molecule has 1 N–H and O–H groups in total. The largest absolute Gasteiger partial charge is 0.357 e. The van der Waals surface area contributed by atoms with Crippen LogP contribution >= 0.6 is 0 Å². The fraction of sp³-hybridized carbons (Fsp3) is 0.227. The molecule has 0 atom stereocenters. The molecule has 1 aromatic heterocycles. The van der Waals surface area contributed by atoms with E-state index in [9.17, 15) is 4.79 Å². The van der Waals surface area contributed by atoms with E-state index in [1.165, 1.54) is 0 Å². The molecule has 126 valence electrons. The first-order valence-electron chi connectivity index (χ1n) is 8.58. The van der Waals surface area contributed by atoms with Gasteiger partial charge in [-0.2, -0.15) is 5.26 Å². The number of aromatic nitrogens is 1. The molecule has 0 saturated carbocycles. The Morgan fingerprint density at radius 3 is 2.69 bits per heavy atom. The monoisotopic (exact) mass is 339 g/mol. The summed E-state index contributed by atoms with van der Waals surface area (Å²) in [6.45, 7) is 13.6. The van der Waals surface area contributed by atoms with Gasteiger partial charge < -0.3 is 4.98 Å². The Hall–Kier alpha value is -3.37. The topological polar surface area (TPSA) is 61.0 Å². The maximum atomic E-state index is 13.3. The molecule has 1 heterocycles. The van der Waals surface area contributed by atoms with Crippen molar-refractivity contribution in [2.45, 2.75) is 32.6 Å². The first kappa shape index (κ1) is 16.1. The van der Waals surface area contributed by atoms with Crippen molar-refractivity contribution in [3.63, 3.8) is 0 Å². The Labute approximate surface area is 151 Å². The minimum Gasteiger partial charge on any atom is -0.357 e. The van der Waals surface area contributed by atoms with Gasteiger partial charge in [0.1, 0.15) is 0 Å².